The first kappa shape index (κ1) is 19.0. The molecule has 0 bridgehead atoms. The number of nitriles is 1. The molecule has 0 fully saturated rings. The van der Waals surface area contributed by atoms with Crippen LogP contribution in [0.3, 0.4) is 0 Å². The summed E-state index contributed by atoms with van der Waals surface area (Å²) in [6, 6.07) is 16.2. The summed E-state index contributed by atoms with van der Waals surface area (Å²) in [6.07, 6.45) is 1.83. The lowest BCUT2D eigenvalue weighted by atomic mass is 10.1. The molecule has 0 saturated carbocycles. The number of nitrogens with zero attached hydrogens (tertiary/aromatic N) is 1. The van der Waals surface area contributed by atoms with Gasteiger partial charge in [0.1, 0.15) is 12.2 Å². The number of anilines is 2. The topological polar surface area (TPSA) is 91.2 Å². The van der Waals surface area contributed by atoms with E-state index in [0.717, 1.165) is 12.8 Å². The third-order valence-corrected chi connectivity index (χ3v) is 3.55. The number of amides is 2. The second-order valence-corrected chi connectivity index (χ2v) is 5.66. The summed E-state index contributed by atoms with van der Waals surface area (Å²) in [7, 11) is 0. The van der Waals surface area contributed by atoms with Crippen LogP contribution < -0.4 is 15.4 Å². The predicted molar refractivity (Wildman–Crippen MR) is 99.9 cm³/mol. The summed E-state index contributed by atoms with van der Waals surface area (Å²) in [5, 5.41) is 13.8. The summed E-state index contributed by atoms with van der Waals surface area (Å²) >= 11 is 0. The van der Waals surface area contributed by atoms with E-state index in [1.54, 1.807) is 30.3 Å². The lowest BCUT2D eigenvalue weighted by Gasteiger charge is -2.12. The number of hydrogen-bond donors (Lipinski definition) is 2. The highest BCUT2D eigenvalue weighted by Gasteiger charge is 2.10. The Labute approximate surface area is 152 Å². The highest BCUT2D eigenvalue weighted by molar-refractivity contribution is 6.00. The van der Waals surface area contributed by atoms with E-state index in [-0.39, 0.29) is 18.9 Å². The van der Waals surface area contributed by atoms with Crippen molar-refractivity contribution in [3.05, 3.63) is 54.1 Å². The first-order chi connectivity index (χ1) is 12.6. The molecule has 0 aromatic heterocycles. The number of rotatable bonds is 8. The van der Waals surface area contributed by atoms with Crippen LogP contribution in [0.25, 0.3) is 0 Å². The summed E-state index contributed by atoms with van der Waals surface area (Å²) in [4.78, 5) is 23.7. The van der Waals surface area contributed by atoms with Gasteiger partial charge < -0.3 is 15.4 Å². The third-order valence-electron chi connectivity index (χ3n) is 3.55. The molecule has 0 atom stereocenters. The van der Waals surface area contributed by atoms with E-state index in [9.17, 15) is 9.59 Å². The van der Waals surface area contributed by atoms with Gasteiger partial charge in [-0.1, -0.05) is 37.6 Å². The molecule has 134 valence electrons. The van der Waals surface area contributed by atoms with E-state index in [1.807, 2.05) is 24.3 Å². The van der Waals surface area contributed by atoms with E-state index in [1.165, 1.54) is 5.56 Å². The lowest BCUT2D eigenvalue weighted by molar-refractivity contribution is -0.118. The maximum absolute atomic E-state index is 12.1. The monoisotopic (exact) mass is 351 g/mol. The summed E-state index contributed by atoms with van der Waals surface area (Å²) in [5.41, 5.74) is 2.11. The van der Waals surface area contributed by atoms with E-state index < -0.39 is 5.91 Å². The van der Waals surface area contributed by atoms with E-state index >= 15 is 0 Å². The highest BCUT2D eigenvalue weighted by Crippen LogP contribution is 2.21. The van der Waals surface area contributed by atoms with Gasteiger partial charge in [0, 0.05) is 0 Å². The minimum atomic E-state index is -0.433. The molecule has 0 aliphatic rings. The van der Waals surface area contributed by atoms with Gasteiger partial charge >= 0.3 is 0 Å². The van der Waals surface area contributed by atoms with Crippen LogP contribution in [0.5, 0.6) is 5.75 Å². The number of ether oxygens (including phenoxy) is 1. The fourth-order valence-corrected chi connectivity index (χ4v) is 2.34. The van der Waals surface area contributed by atoms with Crippen molar-refractivity contribution in [3.8, 4) is 11.8 Å². The Kier molecular flexibility index (Phi) is 7.19. The Morgan fingerprint density at radius 1 is 1.00 bits per heavy atom. The molecule has 0 spiro atoms. The Bertz CT molecular complexity index is 795. The number of aryl methyl sites for hydroxylation is 1. The van der Waals surface area contributed by atoms with Crippen molar-refractivity contribution in [2.45, 2.75) is 26.2 Å². The van der Waals surface area contributed by atoms with Crippen molar-refractivity contribution in [2.24, 2.45) is 0 Å². The van der Waals surface area contributed by atoms with Gasteiger partial charge in [0.15, 0.2) is 6.61 Å². The normalized spacial score (nSPS) is 9.85. The van der Waals surface area contributed by atoms with Crippen LogP contribution in [0.15, 0.2) is 48.5 Å². The standard InChI is InChI=1S/C20H21N3O3/c1-2-5-15-8-10-16(11-9-15)26-14-20(25)23-18-7-4-3-6-17(18)22-19(24)12-13-21/h3-4,6-11H,2,5,12,14H2,1H3,(H,22,24)(H,23,25). The SMILES string of the molecule is CCCc1ccc(OCC(=O)Nc2ccccc2NC(=O)CC#N)cc1. The van der Waals surface area contributed by atoms with Gasteiger partial charge in [-0.05, 0) is 36.2 Å². The van der Waals surface area contributed by atoms with Gasteiger partial charge in [0.25, 0.3) is 5.91 Å². The lowest BCUT2D eigenvalue weighted by Crippen LogP contribution is -2.21. The molecule has 0 saturated heterocycles. The Balaban J connectivity index is 1.91. The molecule has 0 aliphatic carbocycles. The van der Waals surface area contributed by atoms with E-state index in [2.05, 4.69) is 17.6 Å². The minimum Gasteiger partial charge on any atom is -0.484 e. The largest absolute Gasteiger partial charge is 0.484 e. The van der Waals surface area contributed by atoms with Gasteiger partial charge in [-0.25, -0.2) is 0 Å². The summed E-state index contributed by atoms with van der Waals surface area (Å²) in [6.45, 7) is 1.98. The van der Waals surface area contributed by atoms with Crippen LogP contribution in [0.4, 0.5) is 11.4 Å². The summed E-state index contributed by atoms with van der Waals surface area (Å²) < 4.78 is 5.49. The van der Waals surface area contributed by atoms with Crippen molar-refractivity contribution in [1.82, 2.24) is 0 Å². The molecule has 0 unspecified atom stereocenters. The minimum absolute atomic E-state index is 0.145. The van der Waals surface area contributed by atoms with Crippen LogP contribution in [-0.4, -0.2) is 18.4 Å². The smallest absolute Gasteiger partial charge is 0.262 e. The van der Waals surface area contributed by atoms with Crippen LogP contribution in [0.1, 0.15) is 25.3 Å². The molecule has 2 amide bonds. The Morgan fingerprint density at radius 2 is 1.62 bits per heavy atom. The third kappa shape index (κ3) is 5.95. The average Bonchev–Trinajstić information content (AvgIpc) is 2.63. The van der Waals surface area contributed by atoms with Crippen molar-refractivity contribution in [2.75, 3.05) is 17.2 Å². The van der Waals surface area contributed by atoms with Crippen molar-refractivity contribution < 1.29 is 14.3 Å². The van der Waals surface area contributed by atoms with Crippen molar-refractivity contribution >= 4 is 23.2 Å². The molecule has 0 radical (unpaired) electrons. The fraction of sp³-hybridized carbons (Fsp3) is 0.250. The number of para-hydroxylation sites is 2. The van der Waals surface area contributed by atoms with Crippen LogP contribution in [0, 0.1) is 11.3 Å². The maximum Gasteiger partial charge on any atom is 0.262 e. The molecule has 6 nitrogen and oxygen atoms in total. The van der Waals surface area contributed by atoms with Gasteiger partial charge in [-0.15, -0.1) is 0 Å². The summed E-state index contributed by atoms with van der Waals surface area (Å²) in [5.74, 6) is -0.155. The van der Waals surface area contributed by atoms with Gasteiger partial charge in [0.2, 0.25) is 5.91 Å². The number of hydrogen-bond acceptors (Lipinski definition) is 4. The van der Waals surface area contributed by atoms with E-state index in [0.29, 0.717) is 17.1 Å². The Hall–Kier alpha value is -3.33. The van der Waals surface area contributed by atoms with Gasteiger partial charge in [0.05, 0.1) is 17.4 Å². The van der Waals surface area contributed by atoms with Gasteiger partial charge in [-0.3, -0.25) is 9.59 Å². The first-order valence-corrected chi connectivity index (χ1v) is 8.39. The molecule has 2 aromatic rings. The second-order valence-electron chi connectivity index (χ2n) is 5.66. The molecule has 0 aliphatic heterocycles. The average molecular weight is 351 g/mol. The number of carbonyl (C=O) groups excluding carboxylic acids is 2. The van der Waals surface area contributed by atoms with Crippen molar-refractivity contribution in [3.63, 3.8) is 0 Å². The highest BCUT2D eigenvalue weighted by atomic mass is 16.5. The molecular weight excluding hydrogens is 330 g/mol. The predicted octanol–water partition coefficient (Wildman–Crippen LogP) is 3.51. The zero-order valence-electron chi connectivity index (χ0n) is 14.6. The Morgan fingerprint density at radius 3 is 2.19 bits per heavy atom. The molecule has 2 rings (SSSR count). The molecule has 6 heteroatoms. The molecule has 26 heavy (non-hydrogen) atoms. The zero-order chi connectivity index (χ0) is 18.8. The second kappa shape index (κ2) is 9.84. The number of benzene rings is 2. The molecule has 0 heterocycles. The van der Waals surface area contributed by atoms with Crippen molar-refractivity contribution in [1.29, 1.82) is 5.26 Å². The molecule has 2 aromatic carbocycles. The van der Waals surface area contributed by atoms with Crippen LogP contribution in [-0.2, 0) is 16.0 Å². The number of carbonyl (C=O) groups is 2. The molecule has 2 N–H and O–H groups in total. The zero-order valence-corrected chi connectivity index (χ0v) is 14.6. The first-order valence-electron chi connectivity index (χ1n) is 8.39. The van der Waals surface area contributed by atoms with Crippen LogP contribution >= 0.6 is 0 Å². The quantitative estimate of drug-likeness (QED) is 0.761. The maximum atomic E-state index is 12.1. The van der Waals surface area contributed by atoms with Crippen LogP contribution in [0.2, 0.25) is 0 Å². The van der Waals surface area contributed by atoms with E-state index in [4.69, 9.17) is 10.00 Å². The molecular formula is C20H21N3O3. The fourth-order valence-electron chi connectivity index (χ4n) is 2.34. The number of nitrogens with one attached hydrogen (secondary N) is 2. The van der Waals surface area contributed by atoms with Gasteiger partial charge in [-0.2, -0.15) is 5.26 Å².